The molecule has 1 aliphatic heterocycles. The normalized spacial score (nSPS) is 14.1. The van der Waals surface area contributed by atoms with Gasteiger partial charge in [0.15, 0.2) is 0 Å². The minimum Gasteiger partial charge on any atom is -0.299 e. The topological polar surface area (TPSA) is 37.4 Å². The molecule has 0 atom stereocenters. The van der Waals surface area contributed by atoms with Crippen molar-refractivity contribution >= 4 is 60.6 Å². The lowest BCUT2D eigenvalue weighted by Gasteiger charge is -2.16. The summed E-state index contributed by atoms with van der Waals surface area (Å²) in [7, 11) is 0. The van der Waals surface area contributed by atoms with Gasteiger partial charge >= 0.3 is 0 Å². The first-order valence-corrected chi connectivity index (χ1v) is 7.92. The number of thiophene rings is 1. The summed E-state index contributed by atoms with van der Waals surface area (Å²) in [4.78, 5) is 26.5. The Morgan fingerprint density at radius 2 is 1.95 bits per heavy atom. The summed E-state index contributed by atoms with van der Waals surface area (Å²) in [5.74, 6) is -0.899. The van der Waals surface area contributed by atoms with E-state index in [0.717, 1.165) is 13.8 Å². The summed E-state index contributed by atoms with van der Waals surface area (Å²) in [6.45, 7) is 0.409. The summed E-state index contributed by atoms with van der Waals surface area (Å²) < 4.78 is 1.81. The monoisotopic (exact) mass is 399 g/mol. The Morgan fingerprint density at radius 3 is 2.63 bits per heavy atom. The molecule has 0 spiro atoms. The summed E-state index contributed by atoms with van der Waals surface area (Å²) in [6.07, 6.45) is 0. The number of carbonyl (C=O) groups is 2. The minimum absolute atomic E-state index is 0.409. The molecule has 0 saturated heterocycles. The molecule has 1 aromatic heterocycles. The van der Waals surface area contributed by atoms with Crippen LogP contribution in [-0.2, 0) is 11.3 Å². The molecule has 0 aliphatic carbocycles. The molecule has 0 unspecified atom stereocenters. The molecule has 2 heterocycles. The van der Waals surface area contributed by atoms with Gasteiger partial charge in [-0.1, -0.05) is 15.9 Å². The summed E-state index contributed by atoms with van der Waals surface area (Å²) in [6, 6.07) is 7.20. The predicted molar refractivity (Wildman–Crippen MR) is 81.7 cm³/mol. The predicted octanol–water partition coefficient (Wildman–Crippen LogP) is 4.00. The van der Waals surface area contributed by atoms with Crippen LogP contribution in [-0.4, -0.2) is 11.7 Å². The van der Waals surface area contributed by atoms with Gasteiger partial charge in [0.1, 0.15) is 0 Å². The van der Waals surface area contributed by atoms with E-state index in [1.807, 2.05) is 11.4 Å². The smallest absolute Gasteiger partial charge is 0.299 e. The average Bonchev–Trinajstić information content (AvgIpc) is 2.88. The van der Waals surface area contributed by atoms with Crippen LogP contribution in [0.25, 0.3) is 0 Å². The molecule has 19 heavy (non-hydrogen) atoms. The van der Waals surface area contributed by atoms with Gasteiger partial charge in [0.05, 0.1) is 17.8 Å². The van der Waals surface area contributed by atoms with Crippen molar-refractivity contribution < 1.29 is 9.59 Å². The maximum atomic E-state index is 12.1. The molecule has 0 radical (unpaired) electrons. The van der Waals surface area contributed by atoms with E-state index >= 15 is 0 Å². The number of halogens is 2. The number of hydrogen-bond donors (Lipinski definition) is 0. The maximum Gasteiger partial charge on any atom is 0.299 e. The lowest BCUT2D eigenvalue weighted by Crippen LogP contribution is -2.28. The fourth-order valence-electron chi connectivity index (χ4n) is 2.01. The number of nitrogens with zero attached hydrogens (tertiary/aromatic N) is 1. The number of amides is 1. The first kappa shape index (κ1) is 13.0. The van der Waals surface area contributed by atoms with Crippen LogP contribution in [0.1, 0.15) is 15.2 Å². The van der Waals surface area contributed by atoms with Gasteiger partial charge < -0.3 is 0 Å². The molecule has 0 bridgehead atoms. The van der Waals surface area contributed by atoms with E-state index in [-0.39, 0.29) is 0 Å². The van der Waals surface area contributed by atoms with Gasteiger partial charge in [-0.25, -0.2) is 0 Å². The molecule has 1 aliphatic rings. The van der Waals surface area contributed by atoms with Crippen molar-refractivity contribution in [2.24, 2.45) is 0 Å². The van der Waals surface area contributed by atoms with Crippen molar-refractivity contribution in [3.63, 3.8) is 0 Å². The number of ketones is 1. The zero-order valence-electron chi connectivity index (χ0n) is 9.52. The van der Waals surface area contributed by atoms with Crippen LogP contribution in [0, 0.1) is 0 Å². The molecule has 3 rings (SSSR count). The van der Waals surface area contributed by atoms with Gasteiger partial charge in [-0.3, -0.25) is 14.5 Å². The van der Waals surface area contributed by atoms with E-state index in [9.17, 15) is 9.59 Å². The fraction of sp³-hybridized carbons (Fsp3) is 0.0769. The third-order valence-corrected chi connectivity index (χ3v) is 5.33. The van der Waals surface area contributed by atoms with Crippen molar-refractivity contribution in [1.82, 2.24) is 0 Å². The molecule has 0 saturated carbocycles. The number of rotatable bonds is 2. The van der Waals surface area contributed by atoms with Crippen molar-refractivity contribution in [2.45, 2.75) is 6.54 Å². The highest BCUT2D eigenvalue weighted by Crippen LogP contribution is 2.34. The number of Topliss-reactive ketones (excluding diaryl/α,β-unsaturated/α-hetero) is 1. The van der Waals surface area contributed by atoms with E-state index in [0.29, 0.717) is 17.8 Å². The molecule has 0 N–H and O–H groups in total. The van der Waals surface area contributed by atoms with E-state index in [4.69, 9.17) is 0 Å². The fourth-order valence-corrected chi connectivity index (χ4v) is 3.82. The van der Waals surface area contributed by atoms with Gasteiger partial charge in [0.2, 0.25) is 0 Å². The van der Waals surface area contributed by atoms with Crippen LogP contribution in [0.5, 0.6) is 0 Å². The Bertz CT molecular complexity index is 696. The Labute approximate surface area is 130 Å². The van der Waals surface area contributed by atoms with Gasteiger partial charge in [0.25, 0.3) is 11.7 Å². The zero-order chi connectivity index (χ0) is 13.6. The molecular formula is C13H7Br2NO2S. The molecule has 6 heteroatoms. The standard InChI is InChI=1S/C13H7Br2NO2S/c14-7-1-2-8-10(5-7)16(13(18)12(8)17)6-11-9(15)3-4-19-11/h1-5H,6H2. The Balaban J connectivity index is 2.04. The third-order valence-electron chi connectivity index (χ3n) is 2.93. The average molecular weight is 401 g/mol. The third kappa shape index (κ3) is 2.17. The Morgan fingerprint density at radius 1 is 1.16 bits per heavy atom. The van der Waals surface area contributed by atoms with E-state index < -0.39 is 11.7 Å². The second-order valence-electron chi connectivity index (χ2n) is 4.07. The van der Waals surface area contributed by atoms with E-state index in [1.165, 1.54) is 4.90 Å². The summed E-state index contributed by atoms with van der Waals surface area (Å²) >= 11 is 8.36. The van der Waals surface area contributed by atoms with E-state index in [2.05, 4.69) is 31.9 Å². The number of fused-ring (bicyclic) bond motifs is 1. The SMILES string of the molecule is O=C1C(=O)N(Cc2sccc2Br)c2cc(Br)ccc21. The van der Waals surface area contributed by atoms with Crippen molar-refractivity contribution in [3.05, 3.63) is 49.0 Å². The van der Waals surface area contributed by atoms with Crippen molar-refractivity contribution in [2.75, 3.05) is 4.90 Å². The van der Waals surface area contributed by atoms with Crippen LogP contribution in [0.15, 0.2) is 38.6 Å². The second-order valence-corrected chi connectivity index (χ2v) is 6.84. The summed E-state index contributed by atoms with van der Waals surface area (Å²) in [5.41, 5.74) is 1.14. The molecule has 96 valence electrons. The Kier molecular flexibility index (Phi) is 3.32. The van der Waals surface area contributed by atoms with E-state index in [1.54, 1.807) is 29.5 Å². The molecular weight excluding hydrogens is 394 g/mol. The number of benzene rings is 1. The largest absolute Gasteiger partial charge is 0.299 e. The highest BCUT2D eigenvalue weighted by molar-refractivity contribution is 9.10. The maximum absolute atomic E-state index is 12.1. The molecule has 1 aromatic carbocycles. The van der Waals surface area contributed by atoms with Crippen LogP contribution >= 0.6 is 43.2 Å². The lowest BCUT2D eigenvalue weighted by molar-refractivity contribution is -0.114. The number of carbonyl (C=O) groups excluding carboxylic acids is 2. The lowest BCUT2D eigenvalue weighted by atomic mass is 10.1. The van der Waals surface area contributed by atoms with Crippen LogP contribution < -0.4 is 4.90 Å². The number of anilines is 1. The van der Waals surface area contributed by atoms with Gasteiger partial charge in [-0.15, -0.1) is 11.3 Å². The van der Waals surface area contributed by atoms with Gasteiger partial charge in [0, 0.05) is 13.8 Å². The molecule has 3 nitrogen and oxygen atoms in total. The van der Waals surface area contributed by atoms with Crippen molar-refractivity contribution in [3.8, 4) is 0 Å². The highest BCUT2D eigenvalue weighted by Gasteiger charge is 2.36. The minimum atomic E-state index is -0.464. The Hall–Kier alpha value is -0.980. The quantitative estimate of drug-likeness (QED) is 0.714. The first-order valence-electron chi connectivity index (χ1n) is 5.45. The van der Waals surface area contributed by atoms with Gasteiger partial charge in [-0.05, 0) is 45.6 Å². The van der Waals surface area contributed by atoms with Crippen LogP contribution in [0.2, 0.25) is 0 Å². The summed E-state index contributed by atoms with van der Waals surface area (Å²) in [5, 5.41) is 1.95. The number of hydrogen-bond acceptors (Lipinski definition) is 3. The molecule has 1 amide bonds. The molecule has 2 aromatic rings. The first-order chi connectivity index (χ1) is 9.08. The van der Waals surface area contributed by atoms with Crippen molar-refractivity contribution in [1.29, 1.82) is 0 Å². The highest BCUT2D eigenvalue weighted by atomic mass is 79.9. The van der Waals surface area contributed by atoms with Crippen LogP contribution in [0.4, 0.5) is 5.69 Å². The molecule has 0 fully saturated rings. The van der Waals surface area contributed by atoms with Gasteiger partial charge in [-0.2, -0.15) is 0 Å². The zero-order valence-corrected chi connectivity index (χ0v) is 13.5. The second kappa shape index (κ2) is 4.85. The van der Waals surface area contributed by atoms with Crippen LogP contribution in [0.3, 0.4) is 0 Å².